The van der Waals surface area contributed by atoms with Gasteiger partial charge in [-0.15, -0.1) is 0 Å². The van der Waals surface area contributed by atoms with Gasteiger partial charge < -0.3 is 20.8 Å². The van der Waals surface area contributed by atoms with E-state index in [2.05, 4.69) is 10.6 Å². The first kappa shape index (κ1) is 14.3. The molecule has 18 heavy (non-hydrogen) atoms. The molecule has 0 aliphatic rings. The third kappa shape index (κ3) is 3.90. The molecule has 0 aromatic heterocycles. The number of amides is 2. The molecular weight excluding hydrogens is 260 g/mol. The number of carbonyl (C=O) groups excluding carboxylic acids is 1. The number of aliphatic carboxylic acids is 1. The third-order valence-corrected chi connectivity index (χ3v) is 2.62. The third-order valence-electron chi connectivity index (χ3n) is 2.22. The smallest absolute Gasteiger partial charge is 0.328 e. The Labute approximate surface area is 109 Å². The van der Waals surface area contributed by atoms with Crippen molar-refractivity contribution in [2.24, 2.45) is 0 Å². The highest BCUT2D eigenvalue weighted by Gasteiger charge is 2.18. The van der Waals surface area contributed by atoms with Gasteiger partial charge in [0.1, 0.15) is 0 Å². The summed E-state index contributed by atoms with van der Waals surface area (Å²) in [7, 11) is 0. The summed E-state index contributed by atoms with van der Waals surface area (Å²) in [6.45, 7) is 1.13. The van der Waals surface area contributed by atoms with E-state index >= 15 is 0 Å². The molecule has 1 aromatic rings. The number of carboxylic acids is 1. The number of benzene rings is 1. The summed E-state index contributed by atoms with van der Waals surface area (Å²) in [5.74, 6) is -1.31. The first-order chi connectivity index (χ1) is 8.43. The molecule has 7 heteroatoms. The highest BCUT2D eigenvalue weighted by Crippen LogP contribution is 2.19. The molecule has 1 rings (SSSR count). The van der Waals surface area contributed by atoms with E-state index in [-0.39, 0.29) is 0 Å². The lowest BCUT2D eigenvalue weighted by Crippen LogP contribution is -2.45. The van der Waals surface area contributed by atoms with Gasteiger partial charge in [0.25, 0.3) is 0 Å². The van der Waals surface area contributed by atoms with Crippen LogP contribution in [0.25, 0.3) is 0 Å². The summed E-state index contributed by atoms with van der Waals surface area (Å²) in [6.07, 6.45) is 0. The topological polar surface area (TPSA) is 98.7 Å². The first-order valence-electron chi connectivity index (χ1n) is 5.11. The molecule has 0 aliphatic carbocycles. The van der Waals surface area contributed by atoms with Crippen LogP contribution in [0.1, 0.15) is 5.56 Å². The van der Waals surface area contributed by atoms with Crippen molar-refractivity contribution in [3.63, 3.8) is 0 Å². The summed E-state index contributed by atoms with van der Waals surface area (Å²) in [4.78, 5) is 22.0. The first-order valence-corrected chi connectivity index (χ1v) is 5.49. The van der Waals surface area contributed by atoms with Gasteiger partial charge in [0.15, 0.2) is 6.04 Å². The molecule has 0 saturated heterocycles. The molecule has 0 fully saturated rings. The number of aliphatic hydroxyl groups is 1. The Morgan fingerprint density at radius 2 is 2.11 bits per heavy atom. The number of aliphatic hydroxyl groups excluding tert-OH is 1. The number of hydrogen-bond acceptors (Lipinski definition) is 3. The number of hydrogen-bond donors (Lipinski definition) is 4. The van der Waals surface area contributed by atoms with Crippen LogP contribution in [0.2, 0.25) is 5.02 Å². The Morgan fingerprint density at radius 3 is 2.61 bits per heavy atom. The predicted octanol–water partition coefficient (Wildman–Crippen LogP) is 1.22. The molecule has 2 amide bonds. The molecule has 0 bridgehead atoms. The number of halogens is 1. The van der Waals surface area contributed by atoms with Crippen molar-refractivity contribution in [2.45, 2.75) is 13.0 Å². The van der Waals surface area contributed by atoms with Gasteiger partial charge in [-0.05, 0) is 24.6 Å². The quantitative estimate of drug-likeness (QED) is 0.662. The van der Waals surface area contributed by atoms with E-state index in [4.69, 9.17) is 21.8 Å². The van der Waals surface area contributed by atoms with Gasteiger partial charge in [-0.25, -0.2) is 9.59 Å². The SMILES string of the molecule is Cc1ccc(NC(=O)N[C@@H](CO)C(=O)O)cc1Cl. The fourth-order valence-electron chi connectivity index (χ4n) is 1.18. The van der Waals surface area contributed by atoms with Crippen LogP contribution in [-0.2, 0) is 4.79 Å². The van der Waals surface area contributed by atoms with E-state index in [0.717, 1.165) is 5.56 Å². The lowest BCUT2D eigenvalue weighted by atomic mass is 10.2. The number of carbonyl (C=O) groups is 2. The van der Waals surface area contributed by atoms with Crippen molar-refractivity contribution in [1.29, 1.82) is 0 Å². The Morgan fingerprint density at radius 1 is 1.44 bits per heavy atom. The van der Waals surface area contributed by atoms with Crippen molar-refractivity contribution in [1.82, 2.24) is 5.32 Å². The Balaban J connectivity index is 2.64. The second kappa shape index (κ2) is 6.23. The molecule has 0 aliphatic heterocycles. The zero-order chi connectivity index (χ0) is 13.7. The van der Waals surface area contributed by atoms with Crippen LogP contribution in [0, 0.1) is 6.92 Å². The van der Waals surface area contributed by atoms with Crippen LogP contribution < -0.4 is 10.6 Å². The highest BCUT2D eigenvalue weighted by molar-refractivity contribution is 6.31. The van der Waals surface area contributed by atoms with Gasteiger partial charge in [-0.3, -0.25) is 0 Å². The highest BCUT2D eigenvalue weighted by atomic mass is 35.5. The molecule has 0 unspecified atom stereocenters. The van der Waals surface area contributed by atoms with Crippen LogP contribution in [0.5, 0.6) is 0 Å². The maximum Gasteiger partial charge on any atom is 0.328 e. The predicted molar refractivity (Wildman–Crippen MR) is 66.9 cm³/mol. The largest absolute Gasteiger partial charge is 0.480 e. The fraction of sp³-hybridized carbons (Fsp3) is 0.273. The summed E-state index contributed by atoms with van der Waals surface area (Å²) < 4.78 is 0. The number of nitrogens with one attached hydrogen (secondary N) is 2. The monoisotopic (exact) mass is 272 g/mol. The molecule has 0 saturated carbocycles. The second-order valence-corrected chi connectivity index (χ2v) is 4.04. The summed E-state index contributed by atoms with van der Waals surface area (Å²) in [5, 5.41) is 22.4. The van der Waals surface area contributed by atoms with E-state index < -0.39 is 24.6 Å². The van der Waals surface area contributed by atoms with Gasteiger partial charge in [0.05, 0.1) is 6.61 Å². The number of rotatable bonds is 4. The summed E-state index contributed by atoms with van der Waals surface area (Å²) >= 11 is 5.87. The standard InChI is InChI=1S/C11H13ClN2O4/c1-6-2-3-7(4-8(6)12)13-11(18)14-9(5-15)10(16)17/h2-4,9,15H,5H2,1H3,(H,16,17)(H2,13,14,18)/t9-/m0/s1. The summed E-state index contributed by atoms with van der Waals surface area (Å²) in [6, 6.07) is 2.83. The van der Waals surface area contributed by atoms with Crippen molar-refractivity contribution in [3.05, 3.63) is 28.8 Å². The van der Waals surface area contributed by atoms with Crippen LogP contribution in [-0.4, -0.2) is 34.9 Å². The van der Waals surface area contributed by atoms with Crippen LogP contribution in [0.15, 0.2) is 18.2 Å². The van der Waals surface area contributed by atoms with Gasteiger partial charge in [-0.2, -0.15) is 0 Å². The Hall–Kier alpha value is -1.79. The molecule has 6 nitrogen and oxygen atoms in total. The number of urea groups is 1. The van der Waals surface area contributed by atoms with Crippen molar-refractivity contribution >= 4 is 29.3 Å². The number of aryl methyl sites for hydroxylation is 1. The molecule has 1 atom stereocenters. The van der Waals surface area contributed by atoms with Crippen molar-refractivity contribution in [3.8, 4) is 0 Å². The van der Waals surface area contributed by atoms with E-state index in [1.807, 2.05) is 6.92 Å². The molecule has 1 aromatic carbocycles. The van der Waals surface area contributed by atoms with E-state index in [9.17, 15) is 9.59 Å². The molecular formula is C11H13ClN2O4. The Kier molecular flexibility index (Phi) is 4.94. The molecule has 98 valence electrons. The fourth-order valence-corrected chi connectivity index (χ4v) is 1.36. The lowest BCUT2D eigenvalue weighted by molar-refractivity contribution is -0.140. The average Bonchev–Trinajstić information content (AvgIpc) is 2.30. The zero-order valence-electron chi connectivity index (χ0n) is 9.61. The van der Waals surface area contributed by atoms with Crippen LogP contribution >= 0.6 is 11.6 Å². The van der Waals surface area contributed by atoms with Gasteiger partial charge >= 0.3 is 12.0 Å². The molecule has 0 radical (unpaired) electrons. The average molecular weight is 273 g/mol. The van der Waals surface area contributed by atoms with Gasteiger partial charge in [0, 0.05) is 10.7 Å². The maximum absolute atomic E-state index is 11.4. The van der Waals surface area contributed by atoms with Crippen molar-refractivity contribution < 1.29 is 19.8 Å². The summed E-state index contributed by atoms with van der Waals surface area (Å²) in [5.41, 5.74) is 1.30. The van der Waals surface area contributed by atoms with Gasteiger partial charge in [-0.1, -0.05) is 17.7 Å². The minimum atomic E-state index is -1.34. The molecule has 0 heterocycles. The zero-order valence-corrected chi connectivity index (χ0v) is 10.4. The molecule has 4 N–H and O–H groups in total. The minimum Gasteiger partial charge on any atom is -0.480 e. The van der Waals surface area contributed by atoms with Gasteiger partial charge in [0.2, 0.25) is 0 Å². The van der Waals surface area contributed by atoms with E-state index in [1.165, 1.54) is 0 Å². The van der Waals surface area contributed by atoms with E-state index in [1.54, 1.807) is 18.2 Å². The second-order valence-electron chi connectivity index (χ2n) is 3.64. The maximum atomic E-state index is 11.4. The van der Waals surface area contributed by atoms with Crippen molar-refractivity contribution in [2.75, 3.05) is 11.9 Å². The van der Waals surface area contributed by atoms with Crippen LogP contribution in [0.4, 0.5) is 10.5 Å². The molecule has 0 spiro atoms. The number of anilines is 1. The Bertz CT molecular complexity index is 464. The normalized spacial score (nSPS) is 11.7. The minimum absolute atomic E-state index is 0.435. The number of carboxylic acid groups (broad SMARTS) is 1. The lowest BCUT2D eigenvalue weighted by Gasteiger charge is -2.13. The van der Waals surface area contributed by atoms with Crippen LogP contribution in [0.3, 0.4) is 0 Å². The van der Waals surface area contributed by atoms with E-state index in [0.29, 0.717) is 10.7 Å².